The van der Waals surface area contributed by atoms with Gasteiger partial charge in [-0.05, 0) is 25.1 Å². The smallest absolute Gasteiger partial charge is 0.335 e. The maximum Gasteiger partial charge on any atom is 0.335 e. The molecule has 0 aromatic heterocycles. The molecule has 2 rings (SSSR count). The summed E-state index contributed by atoms with van der Waals surface area (Å²) >= 11 is 0. The Bertz CT molecular complexity index is 485. The fourth-order valence-electron chi connectivity index (χ4n) is 1.75. The largest absolute Gasteiger partial charge is 0.478 e. The average molecular weight is 234 g/mol. The number of carbonyl (C=O) groups excluding carboxylic acids is 1. The Hall–Kier alpha value is -2.04. The van der Waals surface area contributed by atoms with Gasteiger partial charge in [0.05, 0.1) is 22.9 Å². The minimum atomic E-state index is -1.01. The van der Waals surface area contributed by atoms with Crippen LogP contribution in [-0.2, 0) is 4.79 Å². The molecular formula is C12H14N2O3. The Morgan fingerprint density at radius 1 is 1.29 bits per heavy atom. The molecule has 0 spiro atoms. The van der Waals surface area contributed by atoms with Gasteiger partial charge in [-0.2, -0.15) is 0 Å². The van der Waals surface area contributed by atoms with Gasteiger partial charge in [0.15, 0.2) is 0 Å². The van der Waals surface area contributed by atoms with E-state index in [1.54, 1.807) is 6.07 Å². The van der Waals surface area contributed by atoms with E-state index in [1.165, 1.54) is 12.1 Å². The Morgan fingerprint density at radius 3 is 2.65 bits per heavy atom. The summed E-state index contributed by atoms with van der Waals surface area (Å²) in [6, 6.07) is 4.66. The van der Waals surface area contributed by atoms with Crippen molar-refractivity contribution in [1.82, 2.24) is 0 Å². The third-order valence-corrected chi connectivity index (χ3v) is 3.07. The first-order chi connectivity index (χ1) is 7.99. The van der Waals surface area contributed by atoms with Crippen LogP contribution in [0.25, 0.3) is 0 Å². The highest BCUT2D eigenvalue weighted by Crippen LogP contribution is 2.28. The summed E-state index contributed by atoms with van der Waals surface area (Å²) < 4.78 is 0. The molecule has 1 aromatic rings. The number of carboxylic acids is 1. The number of rotatable bonds is 1. The van der Waals surface area contributed by atoms with Crippen LogP contribution in [0.3, 0.4) is 0 Å². The van der Waals surface area contributed by atoms with Gasteiger partial charge in [0.1, 0.15) is 0 Å². The molecule has 1 heterocycles. The van der Waals surface area contributed by atoms with Crippen LogP contribution in [0.1, 0.15) is 24.2 Å². The molecule has 3 N–H and O–H groups in total. The molecule has 2 atom stereocenters. The van der Waals surface area contributed by atoms with Gasteiger partial charge in [0.2, 0.25) is 5.91 Å². The third kappa shape index (κ3) is 2.08. The lowest BCUT2D eigenvalue weighted by Gasteiger charge is -2.16. The molecule has 0 saturated heterocycles. The zero-order chi connectivity index (χ0) is 12.6. The number of benzene rings is 1. The molecule has 2 unspecified atom stereocenters. The summed E-state index contributed by atoms with van der Waals surface area (Å²) in [7, 11) is 0. The normalized spacial score (nSPS) is 23.1. The minimum Gasteiger partial charge on any atom is -0.478 e. The first kappa shape index (κ1) is 11.4. The van der Waals surface area contributed by atoms with Gasteiger partial charge in [-0.3, -0.25) is 4.79 Å². The van der Waals surface area contributed by atoms with E-state index in [2.05, 4.69) is 10.6 Å². The second kappa shape index (κ2) is 4.08. The van der Waals surface area contributed by atoms with Crippen molar-refractivity contribution < 1.29 is 14.7 Å². The van der Waals surface area contributed by atoms with Crippen LogP contribution in [0.5, 0.6) is 0 Å². The summed E-state index contributed by atoms with van der Waals surface area (Å²) in [5.41, 5.74) is 1.43. The molecule has 1 aliphatic heterocycles. The lowest BCUT2D eigenvalue weighted by molar-refractivity contribution is -0.119. The van der Waals surface area contributed by atoms with Crippen LogP contribution in [0.2, 0.25) is 0 Å². The number of carboxylic acid groups (broad SMARTS) is 1. The quantitative estimate of drug-likeness (QED) is 0.692. The molecule has 90 valence electrons. The monoisotopic (exact) mass is 234 g/mol. The molecule has 5 nitrogen and oxygen atoms in total. The van der Waals surface area contributed by atoms with Crippen LogP contribution in [0.4, 0.5) is 11.4 Å². The van der Waals surface area contributed by atoms with E-state index in [9.17, 15) is 9.59 Å². The van der Waals surface area contributed by atoms with Crippen LogP contribution in [0.15, 0.2) is 18.2 Å². The summed E-state index contributed by atoms with van der Waals surface area (Å²) in [6.45, 7) is 3.75. The van der Waals surface area contributed by atoms with E-state index < -0.39 is 5.97 Å². The molecular weight excluding hydrogens is 220 g/mol. The van der Waals surface area contributed by atoms with Gasteiger partial charge in [-0.1, -0.05) is 6.92 Å². The number of anilines is 2. The van der Waals surface area contributed by atoms with E-state index in [1.807, 2.05) is 13.8 Å². The highest BCUT2D eigenvalue weighted by atomic mass is 16.4. The van der Waals surface area contributed by atoms with Crippen molar-refractivity contribution in [1.29, 1.82) is 0 Å². The van der Waals surface area contributed by atoms with Crippen molar-refractivity contribution in [3.8, 4) is 0 Å². The number of amides is 1. The molecule has 1 aliphatic rings. The molecule has 1 aromatic carbocycles. The van der Waals surface area contributed by atoms with Crippen molar-refractivity contribution in [3.63, 3.8) is 0 Å². The second-order valence-corrected chi connectivity index (χ2v) is 4.28. The van der Waals surface area contributed by atoms with Gasteiger partial charge in [0, 0.05) is 6.04 Å². The first-order valence-corrected chi connectivity index (χ1v) is 5.44. The Labute approximate surface area is 98.8 Å². The van der Waals surface area contributed by atoms with E-state index in [0.29, 0.717) is 5.69 Å². The number of carbonyl (C=O) groups is 2. The SMILES string of the molecule is CC1Nc2ccc(C(=O)O)cc2NC(=O)C1C. The van der Waals surface area contributed by atoms with Gasteiger partial charge in [-0.15, -0.1) is 0 Å². The Kier molecular flexibility index (Phi) is 2.75. The summed E-state index contributed by atoms with van der Waals surface area (Å²) in [5, 5.41) is 14.8. The molecule has 17 heavy (non-hydrogen) atoms. The maximum absolute atomic E-state index is 11.8. The highest BCUT2D eigenvalue weighted by molar-refractivity contribution is 6.00. The van der Waals surface area contributed by atoms with E-state index in [4.69, 9.17) is 5.11 Å². The van der Waals surface area contributed by atoms with Crippen LogP contribution >= 0.6 is 0 Å². The molecule has 1 amide bonds. The van der Waals surface area contributed by atoms with E-state index in [-0.39, 0.29) is 23.4 Å². The number of hydrogen-bond donors (Lipinski definition) is 3. The maximum atomic E-state index is 11.8. The lowest BCUT2D eigenvalue weighted by atomic mass is 10.0. The number of hydrogen-bond acceptors (Lipinski definition) is 3. The zero-order valence-corrected chi connectivity index (χ0v) is 9.65. The molecule has 0 saturated carbocycles. The fraction of sp³-hybridized carbons (Fsp3) is 0.333. The first-order valence-electron chi connectivity index (χ1n) is 5.44. The summed E-state index contributed by atoms with van der Waals surface area (Å²) in [6.07, 6.45) is 0. The molecule has 5 heteroatoms. The fourth-order valence-corrected chi connectivity index (χ4v) is 1.75. The Balaban J connectivity index is 2.43. The van der Waals surface area contributed by atoms with Gasteiger partial charge < -0.3 is 15.7 Å². The average Bonchev–Trinajstić information content (AvgIpc) is 2.38. The van der Waals surface area contributed by atoms with Crippen molar-refractivity contribution in [2.75, 3.05) is 10.6 Å². The molecule has 0 fully saturated rings. The zero-order valence-electron chi connectivity index (χ0n) is 9.65. The van der Waals surface area contributed by atoms with E-state index >= 15 is 0 Å². The standard InChI is InChI=1S/C12H14N2O3/c1-6-7(2)13-9-4-3-8(12(16)17)5-10(9)14-11(6)15/h3-7,13H,1-2H3,(H,14,15)(H,16,17). The Morgan fingerprint density at radius 2 is 2.00 bits per heavy atom. The summed E-state index contributed by atoms with van der Waals surface area (Å²) in [4.78, 5) is 22.6. The highest BCUT2D eigenvalue weighted by Gasteiger charge is 2.25. The van der Waals surface area contributed by atoms with Crippen molar-refractivity contribution in [2.24, 2.45) is 5.92 Å². The van der Waals surface area contributed by atoms with Crippen molar-refractivity contribution in [2.45, 2.75) is 19.9 Å². The van der Waals surface area contributed by atoms with E-state index in [0.717, 1.165) is 5.69 Å². The third-order valence-electron chi connectivity index (χ3n) is 3.07. The van der Waals surface area contributed by atoms with Gasteiger partial charge in [-0.25, -0.2) is 4.79 Å². The predicted octanol–water partition coefficient (Wildman–Crippen LogP) is 1.77. The van der Waals surface area contributed by atoms with Gasteiger partial charge in [0.25, 0.3) is 0 Å². The van der Waals surface area contributed by atoms with Crippen LogP contribution in [-0.4, -0.2) is 23.0 Å². The van der Waals surface area contributed by atoms with Crippen molar-refractivity contribution >= 4 is 23.3 Å². The number of aromatic carboxylic acids is 1. The molecule has 0 aliphatic carbocycles. The topological polar surface area (TPSA) is 78.4 Å². The number of nitrogens with one attached hydrogen (secondary N) is 2. The van der Waals surface area contributed by atoms with Crippen LogP contribution < -0.4 is 10.6 Å². The minimum absolute atomic E-state index is 0.00641. The lowest BCUT2D eigenvalue weighted by Crippen LogP contribution is -2.30. The second-order valence-electron chi connectivity index (χ2n) is 4.28. The van der Waals surface area contributed by atoms with Crippen molar-refractivity contribution in [3.05, 3.63) is 23.8 Å². The molecule has 0 bridgehead atoms. The number of fused-ring (bicyclic) bond motifs is 1. The van der Waals surface area contributed by atoms with Crippen LogP contribution in [0, 0.1) is 5.92 Å². The summed E-state index contributed by atoms with van der Waals surface area (Å²) in [5.74, 6) is -1.28. The predicted molar refractivity (Wildman–Crippen MR) is 64.3 cm³/mol. The molecule has 0 radical (unpaired) electrons. The van der Waals surface area contributed by atoms with Gasteiger partial charge >= 0.3 is 5.97 Å².